The highest BCUT2D eigenvalue weighted by Crippen LogP contribution is 2.21. The number of piperazine rings is 1. The predicted molar refractivity (Wildman–Crippen MR) is 75.8 cm³/mol. The molecule has 1 atom stereocenters. The Bertz CT molecular complexity index is 681. The lowest BCUT2D eigenvalue weighted by atomic mass is 10.3. The third-order valence-electron chi connectivity index (χ3n) is 3.30. The lowest BCUT2D eigenvalue weighted by Crippen LogP contribution is -2.52. The number of hydrogen-bond donors (Lipinski definition) is 1. The Kier molecular flexibility index (Phi) is 4.19. The highest BCUT2D eigenvalue weighted by molar-refractivity contribution is 7.90. The zero-order valence-corrected chi connectivity index (χ0v) is 13.0. The molecule has 1 fully saturated rings. The summed E-state index contributed by atoms with van der Waals surface area (Å²) in [5.41, 5.74) is 0. The van der Waals surface area contributed by atoms with Crippen molar-refractivity contribution in [3.05, 3.63) is 24.3 Å². The molecule has 2 rings (SSSR count). The average Bonchev–Trinajstić information content (AvgIpc) is 2.38. The number of nitrogens with one attached hydrogen (secondary N) is 1. The number of rotatable bonds is 3. The highest BCUT2D eigenvalue weighted by atomic mass is 32.2. The molecule has 0 saturated carbocycles. The van der Waals surface area contributed by atoms with Gasteiger partial charge in [0.2, 0.25) is 10.0 Å². The molecule has 0 spiro atoms. The van der Waals surface area contributed by atoms with Gasteiger partial charge in [-0.2, -0.15) is 4.31 Å². The van der Waals surface area contributed by atoms with Crippen LogP contribution in [0.1, 0.15) is 6.92 Å². The van der Waals surface area contributed by atoms with E-state index in [1.165, 1.54) is 28.6 Å². The third-order valence-corrected chi connectivity index (χ3v) is 6.46. The van der Waals surface area contributed by atoms with Gasteiger partial charge in [-0.3, -0.25) is 0 Å². The van der Waals surface area contributed by atoms with E-state index in [1.54, 1.807) is 0 Å². The first kappa shape index (κ1) is 15.4. The van der Waals surface area contributed by atoms with E-state index in [0.717, 1.165) is 6.26 Å². The van der Waals surface area contributed by atoms with Crippen molar-refractivity contribution in [1.82, 2.24) is 9.62 Å². The summed E-state index contributed by atoms with van der Waals surface area (Å²) in [5.74, 6) is 0. The predicted octanol–water partition coefficient (Wildman–Crippen LogP) is 0.0725. The molecule has 20 heavy (non-hydrogen) atoms. The maximum absolute atomic E-state index is 12.5. The van der Waals surface area contributed by atoms with Crippen molar-refractivity contribution in [3.8, 4) is 0 Å². The van der Waals surface area contributed by atoms with Gasteiger partial charge >= 0.3 is 0 Å². The molecule has 1 aliphatic rings. The van der Waals surface area contributed by atoms with Crippen LogP contribution in [0, 0.1) is 0 Å². The molecule has 1 N–H and O–H groups in total. The van der Waals surface area contributed by atoms with Crippen LogP contribution in [0.2, 0.25) is 0 Å². The molecular weight excluding hydrogens is 300 g/mol. The van der Waals surface area contributed by atoms with Gasteiger partial charge in [0.25, 0.3) is 0 Å². The second kappa shape index (κ2) is 5.44. The van der Waals surface area contributed by atoms with Gasteiger partial charge in [-0.05, 0) is 31.2 Å². The molecule has 1 heterocycles. The summed E-state index contributed by atoms with van der Waals surface area (Å²) in [7, 11) is -6.89. The molecule has 1 saturated heterocycles. The van der Waals surface area contributed by atoms with Gasteiger partial charge in [0.15, 0.2) is 9.84 Å². The summed E-state index contributed by atoms with van der Waals surface area (Å²) in [6.07, 6.45) is 1.09. The van der Waals surface area contributed by atoms with Gasteiger partial charge in [0.1, 0.15) is 0 Å². The largest absolute Gasteiger partial charge is 0.314 e. The summed E-state index contributed by atoms with van der Waals surface area (Å²) in [4.78, 5) is 0.239. The molecule has 0 radical (unpaired) electrons. The van der Waals surface area contributed by atoms with Crippen molar-refractivity contribution in [2.45, 2.75) is 22.8 Å². The average molecular weight is 318 g/mol. The Morgan fingerprint density at radius 2 is 1.65 bits per heavy atom. The minimum atomic E-state index is -3.57. The monoisotopic (exact) mass is 318 g/mol. The fourth-order valence-electron chi connectivity index (χ4n) is 2.17. The maximum atomic E-state index is 12.5. The topological polar surface area (TPSA) is 83.6 Å². The minimum Gasteiger partial charge on any atom is -0.314 e. The summed E-state index contributed by atoms with van der Waals surface area (Å²) < 4.78 is 49.2. The number of sulfone groups is 1. The minimum absolute atomic E-state index is 0.116. The number of hydrogen-bond acceptors (Lipinski definition) is 5. The van der Waals surface area contributed by atoms with Gasteiger partial charge in [-0.25, -0.2) is 16.8 Å². The van der Waals surface area contributed by atoms with E-state index >= 15 is 0 Å². The van der Waals surface area contributed by atoms with Crippen molar-refractivity contribution < 1.29 is 16.8 Å². The van der Waals surface area contributed by atoms with Crippen LogP contribution in [0.3, 0.4) is 0 Å². The van der Waals surface area contributed by atoms with E-state index < -0.39 is 19.9 Å². The molecule has 0 aromatic heterocycles. The Morgan fingerprint density at radius 1 is 1.10 bits per heavy atom. The lowest BCUT2D eigenvalue weighted by molar-refractivity contribution is 0.284. The van der Waals surface area contributed by atoms with Gasteiger partial charge < -0.3 is 5.32 Å². The van der Waals surface area contributed by atoms with Crippen LogP contribution in [-0.4, -0.2) is 53.1 Å². The van der Waals surface area contributed by atoms with Crippen LogP contribution >= 0.6 is 0 Å². The van der Waals surface area contributed by atoms with Crippen molar-refractivity contribution in [2.75, 3.05) is 25.9 Å². The Balaban J connectivity index is 2.35. The van der Waals surface area contributed by atoms with Gasteiger partial charge in [0, 0.05) is 31.9 Å². The first-order valence-corrected chi connectivity index (χ1v) is 9.59. The quantitative estimate of drug-likeness (QED) is 0.853. The van der Waals surface area contributed by atoms with Crippen molar-refractivity contribution in [3.63, 3.8) is 0 Å². The summed E-state index contributed by atoms with van der Waals surface area (Å²) >= 11 is 0. The van der Waals surface area contributed by atoms with E-state index in [1.807, 2.05) is 6.92 Å². The fourth-order valence-corrected chi connectivity index (χ4v) is 4.43. The van der Waals surface area contributed by atoms with Gasteiger partial charge in [-0.15, -0.1) is 0 Å². The number of nitrogens with zero attached hydrogens (tertiary/aromatic N) is 1. The second-order valence-electron chi connectivity index (χ2n) is 4.91. The van der Waals surface area contributed by atoms with Gasteiger partial charge in [-0.1, -0.05) is 0 Å². The standard InChI is InChI=1S/C12H18N2O4S2/c1-10-9-13-7-8-14(10)20(17,18)12-5-3-11(4-6-12)19(2,15)16/h3-6,10,13H,7-9H2,1-2H3/t10-/m0/s1. The molecule has 0 bridgehead atoms. The highest BCUT2D eigenvalue weighted by Gasteiger charge is 2.30. The first-order valence-electron chi connectivity index (χ1n) is 6.25. The zero-order chi connectivity index (χ0) is 15.0. The van der Waals surface area contributed by atoms with E-state index in [-0.39, 0.29) is 15.8 Å². The van der Waals surface area contributed by atoms with E-state index in [9.17, 15) is 16.8 Å². The molecule has 1 aromatic rings. The van der Waals surface area contributed by atoms with Crippen LogP contribution in [-0.2, 0) is 19.9 Å². The number of benzene rings is 1. The van der Waals surface area contributed by atoms with Crippen LogP contribution in [0.25, 0.3) is 0 Å². The summed E-state index contributed by atoms with van der Waals surface area (Å²) in [6, 6.07) is 5.23. The fraction of sp³-hybridized carbons (Fsp3) is 0.500. The van der Waals surface area contributed by atoms with Crippen molar-refractivity contribution >= 4 is 19.9 Å². The van der Waals surface area contributed by atoms with Crippen LogP contribution in [0.15, 0.2) is 34.1 Å². The molecule has 1 aromatic carbocycles. The van der Waals surface area contributed by atoms with Crippen molar-refractivity contribution in [2.24, 2.45) is 0 Å². The Morgan fingerprint density at radius 3 is 2.15 bits per heavy atom. The zero-order valence-electron chi connectivity index (χ0n) is 11.4. The SMILES string of the molecule is C[C@H]1CNCCN1S(=O)(=O)c1ccc(S(C)(=O)=O)cc1. The van der Waals surface area contributed by atoms with Crippen LogP contribution in [0.5, 0.6) is 0 Å². The number of sulfonamides is 1. The normalized spacial score (nSPS) is 21.8. The van der Waals surface area contributed by atoms with E-state index in [2.05, 4.69) is 5.32 Å². The molecule has 0 amide bonds. The lowest BCUT2D eigenvalue weighted by Gasteiger charge is -2.32. The molecule has 0 aliphatic carbocycles. The van der Waals surface area contributed by atoms with Crippen molar-refractivity contribution in [1.29, 1.82) is 0 Å². The molecule has 0 unspecified atom stereocenters. The Labute approximate surface area is 119 Å². The molecular formula is C12H18N2O4S2. The molecule has 6 nitrogen and oxygen atoms in total. The third kappa shape index (κ3) is 3.03. The van der Waals surface area contributed by atoms with E-state index in [0.29, 0.717) is 19.6 Å². The first-order chi connectivity index (χ1) is 9.23. The van der Waals surface area contributed by atoms with E-state index in [4.69, 9.17) is 0 Å². The smallest absolute Gasteiger partial charge is 0.243 e. The summed E-state index contributed by atoms with van der Waals surface area (Å²) in [5, 5.41) is 3.13. The Hall–Kier alpha value is -0.960. The molecule has 8 heteroatoms. The maximum Gasteiger partial charge on any atom is 0.243 e. The van der Waals surface area contributed by atoms with Gasteiger partial charge in [0.05, 0.1) is 9.79 Å². The summed E-state index contributed by atoms with van der Waals surface area (Å²) in [6.45, 7) is 3.48. The molecule has 112 valence electrons. The second-order valence-corrected chi connectivity index (χ2v) is 8.82. The molecule has 1 aliphatic heterocycles. The van der Waals surface area contributed by atoms with Crippen LogP contribution in [0.4, 0.5) is 0 Å². The van der Waals surface area contributed by atoms with Crippen LogP contribution < -0.4 is 5.32 Å².